The van der Waals surface area contributed by atoms with Crippen molar-refractivity contribution in [3.63, 3.8) is 0 Å². The molecule has 1 aliphatic rings. The van der Waals surface area contributed by atoms with E-state index in [1.165, 1.54) is 11.1 Å². The van der Waals surface area contributed by atoms with Crippen molar-refractivity contribution in [3.05, 3.63) is 34.9 Å². The summed E-state index contributed by atoms with van der Waals surface area (Å²) in [5, 5.41) is 11.7. The minimum absolute atomic E-state index is 0.123. The second-order valence-electron chi connectivity index (χ2n) is 5.71. The summed E-state index contributed by atoms with van der Waals surface area (Å²) in [7, 11) is 0. The summed E-state index contributed by atoms with van der Waals surface area (Å²) in [6.07, 6.45) is 3.26. The smallest absolute Gasteiger partial charge is 0.310 e. The molecule has 1 aliphatic carbocycles. The fourth-order valence-corrected chi connectivity index (χ4v) is 2.19. The second kappa shape index (κ2) is 5.03. The summed E-state index contributed by atoms with van der Waals surface area (Å²) in [5.41, 5.74) is 2.22. The Morgan fingerprint density at radius 3 is 2.63 bits per heavy atom. The highest BCUT2D eigenvalue weighted by atomic mass is 16.4. The monoisotopic (exact) mass is 261 g/mol. The number of aryl methyl sites for hydroxylation is 2. The van der Waals surface area contributed by atoms with Gasteiger partial charge < -0.3 is 10.4 Å². The standard InChI is InChI=1S/C15H19NO3/c1-15(2,14(18)19)9-16-13(17)12-7-6-10-4-3-5-11(10)8-12/h6-8H,3-5,9H2,1-2H3,(H,16,17)(H,18,19). The molecule has 1 aromatic rings. The molecule has 0 fully saturated rings. The van der Waals surface area contributed by atoms with Crippen molar-refractivity contribution in [2.45, 2.75) is 33.1 Å². The Kier molecular flexibility index (Phi) is 3.60. The molecule has 102 valence electrons. The van der Waals surface area contributed by atoms with Crippen molar-refractivity contribution in [2.75, 3.05) is 6.54 Å². The topological polar surface area (TPSA) is 66.4 Å². The number of hydrogen-bond donors (Lipinski definition) is 2. The predicted octanol–water partition coefficient (Wildman–Crippen LogP) is 2.02. The highest BCUT2D eigenvalue weighted by Gasteiger charge is 2.27. The summed E-state index contributed by atoms with van der Waals surface area (Å²) >= 11 is 0. The average molecular weight is 261 g/mol. The highest BCUT2D eigenvalue weighted by molar-refractivity contribution is 5.94. The van der Waals surface area contributed by atoms with Gasteiger partial charge in [0.05, 0.1) is 5.41 Å². The summed E-state index contributed by atoms with van der Waals surface area (Å²) in [6.45, 7) is 3.31. The molecule has 0 saturated carbocycles. The zero-order valence-corrected chi connectivity index (χ0v) is 11.3. The number of carboxylic acid groups (broad SMARTS) is 1. The Balaban J connectivity index is 2.03. The normalized spacial score (nSPS) is 14.0. The summed E-state index contributed by atoms with van der Waals surface area (Å²) in [6, 6.07) is 5.73. The number of hydrogen-bond acceptors (Lipinski definition) is 2. The summed E-state index contributed by atoms with van der Waals surface area (Å²) < 4.78 is 0. The van der Waals surface area contributed by atoms with Crippen molar-refractivity contribution in [1.82, 2.24) is 5.32 Å². The fourth-order valence-electron chi connectivity index (χ4n) is 2.19. The molecule has 1 amide bonds. The molecular weight excluding hydrogens is 242 g/mol. The molecule has 0 bridgehead atoms. The molecule has 0 aliphatic heterocycles. The van der Waals surface area contributed by atoms with Gasteiger partial charge in [-0.3, -0.25) is 9.59 Å². The molecule has 0 unspecified atom stereocenters. The van der Waals surface area contributed by atoms with E-state index in [0.717, 1.165) is 19.3 Å². The van der Waals surface area contributed by atoms with E-state index in [4.69, 9.17) is 5.11 Å². The van der Waals surface area contributed by atoms with Crippen LogP contribution in [0.25, 0.3) is 0 Å². The SMILES string of the molecule is CC(C)(CNC(=O)c1ccc2c(c1)CCC2)C(=O)O. The lowest BCUT2D eigenvalue weighted by atomic mass is 9.94. The number of amides is 1. The van der Waals surface area contributed by atoms with E-state index in [-0.39, 0.29) is 12.5 Å². The van der Waals surface area contributed by atoms with E-state index < -0.39 is 11.4 Å². The van der Waals surface area contributed by atoms with Gasteiger partial charge in [0.1, 0.15) is 0 Å². The Bertz CT molecular complexity index is 520. The number of aliphatic carboxylic acids is 1. The van der Waals surface area contributed by atoms with Crippen LogP contribution < -0.4 is 5.32 Å². The largest absolute Gasteiger partial charge is 0.481 e. The zero-order chi connectivity index (χ0) is 14.0. The van der Waals surface area contributed by atoms with E-state index in [9.17, 15) is 9.59 Å². The van der Waals surface area contributed by atoms with Gasteiger partial charge in [-0.15, -0.1) is 0 Å². The number of carbonyl (C=O) groups is 2. The number of fused-ring (bicyclic) bond motifs is 1. The van der Waals surface area contributed by atoms with Crippen LogP contribution in [0.5, 0.6) is 0 Å². The highest BCUT2D eigenvalue weighted by Crippen LogP contribution is 2.23. The van der Waals surface area contributed by atoms with Crippen molar-refractivity contribution < 1.29 is 14.7 Å². The van der Waals surface area contributed by atoms with Crippen LogP contribution in [0.4, 0.5) is 0 Å². The van der Waals surface area contributed by atoms with E-state index in [1.807, 2.05) is 18.2 Å². The predicted molar refractivity (Wildman–Crippen MR) is 72.2 cm³/mol. The Labute approximate surface area is 112 Å². The van der Waals surface area contributed by atoms with Crippen molar-refractivity contribution in [1.29, 1.82) is 0 Å². The third-order valence-corrected chi connectivity index (χ3v) is 3.63. The van der Waals surface area contributed by atoms with Crippen molar-refractivity contribution in [3.8, 4) is 0 Å². The third kappa shape index (κ3) is 2.95. The minimum atomic E-state index is -0.952. The van der Waals surface area contributed by atoms with E-state index >= 15 is 0 Å². The van der Waals surface area contributed by atoms with Crippen LogP contribution >= 0.6 is 0 Å². The first-order valence-electron chi connectivity index (χ1n) is 6.53. The van der Waals surface area contributed by atoms with Crippen LogP contribution in [0.3, 0.4) is 0 Å². The van der Waals surface area contributed by atoms with E-state index in [1.54, 1.807) is 13.8 Å². The van der Waals surface area contributed by atoms with Crippen LogP contribution in [0.2, 0.25) is 0 Å². The Hall–Kier alpha value is -1.84. The third-order valence-electron chi connectivity index (χ3n) is 3.63. The average Bonchev–Trinajstić information content (AvgIpc) is 2.82. The van der Waals surface area contributed by atoms with Gasteiger partial charge in [-0.05, 0) is 56.4 Å². The van der Waals surface area contributed by atoms with Crippen molar-refractivity contribution >= 4 is 11.9 Å². The van der Waals surface area contributed by atoms with E-state index in [0.29, 0.717) is 5.56 Å². The molecule has 4 nitrogen and oxygen atoms in total. The molecule has 0 radical (unpaired) electrons. The Morgan fingerprint density at radius 1 is 1.26 bits per heavy atom. The minimum Gasteiger partial charge on any atom is -0.481 e. The quantitative estimate of drug-likeness (QED) is 0.871. The van der Waals surface area contributed by atoms with Crippen LogP contribution in [0.15, 0.2) is 18.2 Å². The number of benzene rings is 1. The van der Waals surface area contributed by atoms with Gasteiger partial charge in [0, 0.05) is 12.1 Å². The van der Waals surface area contributed by atoms with Gasteiger partial charge in [-0.25, -0.2) is 0 Å². The molecule has 0 saturated heterocycles. The van der Waals surface area contributed by atoms with Crippen LogP contribution in [0, 0.1) is 5.41 Å². The Morgan fingerprint density at radius 2 is 1.95 bits per heavy atom. The zero-order valence-electron chi connectivity index (χ0n) is 11.3. The lowest BCUT2D eigenvalue weighted by Gasteiger charge is -2.19. The van der Waals surface area contributed by atoms with Gasteiger partial charge in [0.25, 0.3) is 5.91 Å². The number of rotatable bonds is 4. The van der Waals surface area contributed by atoms with Gasteiger partial charge in [0.2, 0.25) is 0 Å². The molecule has 4 heteroatoms. The molecular formula is C15H19NO3. The maximum atomic E-state index is 12.0. The van der Waals surface area contributed by atoms with E-state index in [2.05, 4.69) is 5.32 Å². The van der Waals surface area contributed by atoms with Crippen LogP contribution in [-0.4, -0.2) is 23.5 Å². The molecule has 2 N–H and O–H groups in total. The first-order valence-corrected chi connectivity index (χ1v) is 6.53. The maximum Gasteiger partial charge on any atom is 0.310 e. The first kappa shape index (κ1) is 13.6. The number of carbonyl (C=O) groups excluding carboxylic acids is 1. The second-order valence-corrected chi connectivity index (χ2v) is 5.71. The number of carboxylic acids is 1. The first-order chi connectivity index (χ1) is 8.90. The van der Waals surface area contributed by atoms with Gasteiger partial charge >= 0.3 is 5.97 Å². The fraction of sp³-hybridized carbons (Fsp3) is 0.467. The lowest BCUT2D eigenvalue weighted by Crippen LogP contribution is -2.38. The molecule has 0 heterocycles. The molecule has 2 rings (SSSR count). The van der Waals surface area contributed by atoms with Crippen LogP contribution in [-0.2, 0) is 17.6 Å². The lowest BCUT2D eigenvalue weighted by molar-refractivity contribution is -0.146. The number of nitrogens with one attached hydrogen (secondary N) is 1. The summed E-state index contributed by atoms with van der Waals surface area (Å²) in [4.78, 5) is 23.0. The van der Waals surface area contributed by atoms with Crippen LogP contribution in [0.1, 0.15) is 41.8 Å². The van der Waals surface area contributed by atoms with Gasteiger partial charge in [-0.2, -0.15) is 0 Å². The molecule has 19 heavy (non-hydrogen) atoms. The molecule has 0 aromatic heterocycles. The molecule has 1 aromatic carbocycles. The van der Waals surface area contributed by atoms with Crippen molar-refractivity contribution in [2.24, 2.45) is 5.41 Å². The maximum absolute atomic E-state index is 12.0. The summed E-state index contributed by atoms with van der Waals surface area (Å²) in [5.74, 6) is -1.12. The van der Waals surface area contributed by atoms with Gasteiger partial charge in [-0.1, -0.05) is 6.07 Å². The molecule has 0 spiro atoms. The molecule has 0 atom stereocenters. The van der Waals surface area contributed by atoms with Gasteiger partial charge in [0.15, 0.2) is 0 Å².